The molecular weight excluding hydrogens is 375 g/mol. The van der Waals surface area contributed by atoms with Gasteiger partial charge in [-0.05, 0) is 61.5 Å². The molecule has 1 aromatic rings. The van der Waals surface area contributed by atoms with Gasteiger partial charge in [0.2, 0.25) is 0 Å². The largest absolute Gasteiger partial charge is 0.337 e. The molecule has 19 heavy (non-hydrogen) atoms. The van der Waals surface area contributed by atoms with E-state index in [-0.39, 0.29) is 18.3 Å². The van der Waals surface area contributed by atoms with Crippen molar-refractivity contribution in [3.8, 4) is 0 Å². The van der Waals surface area contributed by atoms with Crippen molar-refractivity contribution in [3.63, 3.8) is 0 Å². The highest BCUT2D eigenvalue weighted by Crippen LogP contribution is 2.19. The fraction of sp³-hybridized carbons (Fsp3) is 0.500. The van der Waals surface area contributed by atoms with E-state index >= 15 is 0 Å². The van der Waals surface area contributed by atoms with E-state index in [0.29, 0.717) is 6.04 Å². The second-order valence-electron chi connectivity index (χ2n) is 4.86. The highest BCUT2D eigenvalue weighted by Gasteiger charge is 2.24. The number of amides is 1. The number of nitrogens with one attached hydrogen (secondary N) is 1. The van der Waals surface area contributed by atoms with Gasteiger partial charge in [0.15, 0.2) is 0 Å². The smallest absolute Gasteiger partial charge is 0.254 e. The maximum absolute atomic E-state index is 12.5. The molecule has 106 valence electrons. The molecule has 1 aliphatic heterocycles. The molecule has 0 aliphatic carbocycles. The van der Waals surface area contributed by atoms with Crippen LogP contribution in [0, 0.1) is 10.5 Å². The third kappa shape index (κ3) is 4.07. The first-order valence-corrected chi connectivity index (χ1v) is 7.42. The lowest BCUT2D eigenvalue weighted by Crippen LogP contribution is -2.47. The van der Waals surface area contributed by atoms with Gasteiger partial charge in [0.25, 0.3) is 5.91 Å². The topological polar surface area (TPSA) is 32.3 Å². The van der Waals surface area contributed by atoms with Crippen LogP contribution in [0.25, 0.3) is 0 Å². The number of benzene rings is 1. The zero-order valence-electron chi connectivity index (χ0n) is 11.3. The number of likely N-dealkylation sites (tertiary alicyclic amines) is 1. The van der Waals surface area contributed by atoms with Crippen molar-refractivity contribution in [2.45, 2.75) is 25.8 Å². The maximum Gasteiger partial charge on any atom is 0.254 e. The van der Waals surface area contributed by atoms with Crippen molar-refractivity contribution in [2.24, 2.45) is 0 Å². The Morgan fingerprint density at radius 2 is 2.21 bits per heavy atom. The Morgan fingerprint density at radius 3 is 2.89 bits per heavy atom. The van der Waals surface area contributed by atoms with Crippen LogP contribution in [0.3, 0.4) is 0 Å². The van der Waals surface area contributed by atoms with Crippen LogP contribution >= 0.6 is 35.0 Å². The SMILES string of the molecule is CNC1CCCN(C(=O)c2cc(C)ccc2I)C1.Cl. The third-order valence-electron chi connectivity index (χ3n) is 3.47. The minimum atomic E-state index is 0. The Hall–Kier alpha value is -0.330. The molecule has 5 heteroatoms. The zero-order valence-corrected chi connectivity index (χ0v) is 14.3. The van der Waals surface area contributed by atoms with E-state index in [1.165, 1.54) is 0 Å². The molecule has 1 N–H and O–H groups in total. The second-order valence-corrected chi connectivity index (χ2v) is 6.02. The third-order valence-corrected chi connectivity index (χ3v) is 4.41. The van der Waals surface area contributed by atoms with Gasteiger partial charge in [-0.25, -0.2) is 0 Å². The van der Waals surface area contributed by atoms with E-state index in [4.69, 9.17) is 0 Å². The number of hydrogen-bond donors (Lipinski definition) is 1. The lowest BCUT2D eigenvalue weighted by Gasteiger charge is -2.32. The van der Waals surface area contributed by atoms with Crippen molar-refractivity contribution in [1.29, 1.82) is 0 Å². The number of nitrogens with zero attached hydrogens (tertiary/aromatic N) is 1. The van der Waals surface area contributed by atoms with Gasteiger partial charge in [0, 0.05) is 22.7 Å². The summed E-state index contributed by atoms with van der Waals surface area (Å²) in [6, 6.07) is 6.49. The highest BCUT2D eigenvalue weighted by molar-refractivity contribution is 14.1. The number of halogens is 2. The Balaban J connectivity index is 0.00000180. The first-order valence-electron chi connectivity index (χ1n) is 6.34. The summed E-state index contributed by atoms with van der Waals surface area (Å²) in [5.74, 6) is 0.169. The summed E-state index contributed by atoms with van der Waals surface area (Å²) in [7, 11) is 1.97. The van der Waals surface area contributed by atoms with E-state index in [0.717, 1.165) is 40.6 Å². The highest BCUT2D eigenvalue weighted by atomic mass is 127. The summed E-state index contributed by atoms with van der Waals surface area (Å²) in [5.41, 5.74) is 1.98. The predicted octanol–water partition coefficient (Wildman–Crippen LogP) is 2.85. The first-order chi connectivity index (χ1) is 8.61. The zero-order chi connectivity index (χ0) is 13.1. The number of carbonyl (C=O) groups is 1. The summed E-state index contributed by atoms with van der Waals surface area (Å²) in [6.45, 7) is 3.72. The molecular formula is C14H20ClIN2O. The number of aryl methyl sites for hydroxylation is 1. The number of hydrogen-bond acceptors (Lipinski definition) is 2. The van der Waals surface area contributed by atoms with Gasteiger partial charge < -0.3 is 10.2 Å². The maximum atomic E-state index is 12.5. The summed E-state index contributed by atoms with van der Waals surface area (Å²) in [5, 5.41) is 3.27. The van der Waals surface area contributed by atoms with Crippen molar-refractivity contribution in [1.82, 2.24) is 10.2 Å². The van der Waals surface area contributed by atoms with Crippen LogP contribution in [-0.2, 0) is 0 Å². The normalized spacial score (nSPS) is 18.9. The Kier molecular flexibility index (Phi) is 6.56. The molecule has 0 saturated carbocycles. The van der Waals surface area contributed by atoms with E-state index in [1.54, 1.807) is 0 Å². The fourth-order valence-corrected chi connectivity index (χ4v) is 2.94. The first kappa shape index (κ1) is 16.7. The van der Waals surface area contributed by atoms with Gasteiger partial charge in [-0.1, -0.05) is 11.6 Å². The van der Waals surface area contributed by atoms with E-state index in [9.17, 15) is 4.79 Å². The molecule has 2 rings (SSSR count). The van der Waals surface area contributed by atoms with Gasteiger partial charge in [-0.3, -0.25) is 4.79 Å². The van der Waals surface area contributed by atoms with Crippen LogP contribution in [0.5, 0.6) is 0 Å². The Labute approximate surface area is 134 Å². The minimum absolute atomic E-state index is 0. The predicted molar refractivity (Wildman–Crippen MR) is 89.1 cm³/mol. The molecule has 1 aliphatic rings. The Morgan fingerprint density at radius 1 is 1.47 bits per heavy atom. The van der Waals surface area contributed by atoms with Gasteiger partial charge >= 0.3 is 0 Å². The van der Waals surface area contributed by atoms with Crippen molar-refractivity contribution < 1.29 is 4.79 Å². The number of carbonyl (C=O) groups excluding carboxylic acids is 1. The molecule has 0 radical (unpaired) electrons. The molecule has 1 atom stereocenters. The van der Waals surface area contributed by atoms with Crippen molar-refractivity contribution >= 4 is 40.9 Å². The van der Waals surface area contributed by atoms with E-state index < -0.39 is 0 Å². The van der Waals surface area contributed by atoms with Crippen LogP contribution in [0.4, 0.5) is 0 Å². The number of likely N-dealkylation sites (N-methyl/N-ethyl adjacent to an activating group) is 1. The van der Waals surface area contributed by atoms with Crippen LogP contribution in [0.2, 0.25) is 0 Å². The monoisotopic (exact) mass is 394 g/mol. The molecule has 1 unspecified atom stereocenters. The summed E-state index contributed by atoms with van der Waals surface area (Å²) >= 11 is 2.24. The number of rotatable bonds is 2. The summed E-state index contributed by atoms with van der Waals surface area (Å²) < 4.78 is 1.04. The number of piperidine rings is 1. The van der Waals surface area contributed by atoms with Gasteiger partial charge in [-0.15, -0.1) is 12.4 Å². The van der Waals surface area contributed by atoms with Crippen molar-refractivity contribution in [3.05, 3.63) is 32.9 Å². The molecule has 0 bridgehead atoms. The van der Waals surface area contributed by atoms with Crippen molar-refractivity contribution in [2.75, 3.05) is 20.1 Å². The molecule has 1 amide bonds. The molecule has 1 fully saturated rings. The average molecular weight is 395 g/mol. The molecule has 1 saturated heterocycles. The van der Waals surface area contributed by atoms with Gasteiger partial charge in [-0.2, -0.15) is 0 Å². The lowest BCUT2D eigenvalue weighted by molar-refractivity contribution is 0.0697. The lowest BCUT2D eigenvalue weighted by atomic mass is 10.0. The van der Waals surface area contributed by atoms with Gasteiger partial charge in [0.1, 0.15) is 0 Å². The average Bonchev–Trinajstić information content (AvgIpc) is 2.41. The van der Waals surface area contributed by atoms with Gasteiger partial charge in [0.05, 0.1) is 5.56 Å². The molecule has 1 aromatic carbocycles. The molecule has 0 spiro atoms. The minimum Gasteiger partial charge on any atom is -0.337 e. The molecule has 0 aromatic heterocycles. The van der Waals surface area contributed by atoms with E-state index in [2.05, 4.69) is 27.9 Å². The molecule has 1 heterocycles. The standard InChI is InChI=1S/C14H19IN2O.ClH/c1-10-5-6-13(15)12(8-10)14(18)17-7-3-4-11(9-17)16-2;/h5-6,8,11,16H,3-4,7,9H2,1-2H3;1H. The quantitative estimate of drug-likeness (QED) is 0.782. The van der Waals surface area contributed by atoms with Crippen LogP contribution in [0.15, 0.2) is 18.2 Å². The summed E-state index contributed by atoms with van der Waals surface area (Å²) in [4.78, 5) is 14.5. The van der Waals surface area contributed by atoms with E-state index in [1.807, 2.05) is 37.1 Å². The Bertz CT molecular complexity index is 453. The summed E-state index contributed by atoms with van der Waals surface area (Å²) in [6.07, 6.45) is 2.24. The van der Waals surface area contributed by atoms with Crippen LogP contribution in [0.1, 0.15) is 28.8 Å². The van der Waals surface area contributed by atoms with Crippen LogP contribution in [-0.4, -0.2) is 37.0 Å². The fourth-order valence-electron chi connectivity index (χ4n) is 2.37. The molecule has 3 nitrogen and oxygen atoms in total. The second kappa shape index (κ2) is 7.45. The van der Waals surface area contributed by atoms with Crippen LogP contribution < -0.4 is 5.32 Å².